The normalized spacial score (nSPS) is 9.47. The average Bonchev–Trinajstić information content (AvgIpc) is 2.62. The van der Waals surface area contributed by atoms with E-state index < -0.39 is 0 Å². The van der Waals surface area contributed by atoms with Crippen molar-refractivity contribution in [2.24, 2.45) is 0 Å². The van der Waals surface area contributed by atoms with Gasteiger partial charge < -0.3 is 0 Å². The Labute approximate surface area is 93.8 Å². The largest absolute Gasteiger partial charge is 0.262 e. The minimum Gasteiger partial charge on any atom is -0.262 e. The zero-order valence-electron chi connectivity index (χ0n) is 8.74. The van der Waals surface area contributed by atoms with Crippen LogP contribution in [0.3, 0.4) is 0 Å². The van der Waals surface area contributed by atoms with Crippen molar-refractivity contribution in [2.45, 2.75) is 13.8 Å². The topological polar surface area (TPSA) is 12.9 Å². The maximum Gasteiger partial charge on any atom is 0.0774 e. The fraction of sp³-hybridized carbons (Fsp3) is 0.154. The summed E-state index contributed by atoms with van der Waals surface area (Å²) in [6, 6.07) is 6.03. The molecule has 0 saturated carbocycles. The minimum atomic E-state index is 1.00. The Hall–Kier alpha value is -1.59. The fourth-order valence-electron chi connectivity index (χ4n) is 1.25. The van der Waals surface area contributed by atoms with Gasteiger partial charge >= 0.3 is 0 Å². The van der Waals surface area contributed by atoms with Gasteiger partial charge in [-0.15, -0.1) is 11.3 Å². The van der Waals surface area contributed by atoms with Crippen LogP contribution in [0.4, 0.5) is 0 Å². The van der Waals surface area contributed by atoms with Gasteiger partial charge in [0.05, 0.1) is 4.88 Å². The van der Waals surface area contributed by atoms with Crippen molar-refractivity contribution in [2.75, 3.05) is 0 Å². The second kappa shape index (κ2) is 4.29. The lowest BCUT2D eigenvalue weighted by molar-refractivity contribution is 1.19. The summed E-state index contributed by atoms with van der Waals surface area (Å²) in [6.07, 6.45) is 1.79. The van der Waals surface area contributed by atoms with Gasteiger partial charge in [-0.3, -0.25) is 4.98 Å². The number of pyridine rings is 1. The van der Waals surface area contributed by atoms with Crippen molar-refractivity contribution < 1.29 is 0 Å². The molecule has 2 rings (SSSR count). The van der Waals surface area contributed by atoms with Crippen LogP contribution in [0, 0.1) is 25.7 Å². The molecule has 15 heavy (non-hydrogen) atoms. The minimum absolute atomic E-state index is 1.00. The van der Waals surface area contributed by atoms with Gasteiger partial charge in [0.1, 0.15) is 0 Å². The van der Waals surface area contributed by atoms with Crippen molar-refractivity contribution in [1.29, 1.82) is 0 Å². The number of hydrogen-bond acceptors (Lipinski definition) is 2. The molecule has 0 atom stereocenters. The molecule has 2 heteroatoms. The van der Waals surface area contributed by atoms with Crippen molar-refractivity contribution >= 4 is 11.3 Å². The monoisotopic (exact) mass is 213 g/mol. The predicted octanol–water partition coefficient (Wildman–Crippen LogP) is 3.16. The molecule has 2 aromatic heterocycles. The summed E-state index contributed by atoms with van der Waals surface area (Å²) in [7, 11) is 0. The highest BCUT2D eigenvalue weighted by Crippen LogP contribution is 2.12. The average molecular weight is 213 g/mol. The van der Waals surface area contributed by atoms with E-state index in [-0.39, 0.29) is 0 Å². The Morgan fingerprint density at radius 3 is 2.73 bits per heavy atom. The Morgan fingerprint density at radius 1 is 1.20 bits per heavy atom. The summed E-state index contributed by atoms with van der Waals surface area (Å²) >= 11 is 1.68. The first-order chi connectivity index (χ1) is 7.24. The van der Waals surface area contributed by atoms with Gasteiger partial charge in [0.15, 0.2) is 0 Å². The third-order valence-corrected chi connectivity index (χ3v) is 2.92. The maximum atomic E-state index is 4.13. The quantitative estimate of drug-likeness (QED) is 0.613. The Balaban J connectivity index is 2.25. The molecule has 0 unspecified atom stereocenters. The van der Waals surface area contributed by atoms with Crippen LogP contribution in [0.15, 0.2) is 29.8 Å². The highest BCUT2D eigenvalue weighted by atomic mass is 32.1. The zero-order chi connectivity index (χ0) is 10.7. The molecule has 0 amide bonds. The molecule has 0 aliphatic rings. The molecule has 1 nitrogen and oxygen atoms in total. The van der Waals surface area contributed by atoms with Crippen molar-refractivity contribution in [3.8, 4) is 11.8 Å². The Morgan fingerprint density at radius 2 is 2.07 bits per heavy atom. The molecule has 0 saturated heterocycles. The lowest BCUT2D eigenvalue weighted by atomic mass is 10.2. The van der Waals surface area contributed by atoms with E-state index in [2.05, 4.69) is 35.2 Å². The standard InChI is InChI=1S/C13H11NS/c1-10-7-13(15-9-10)4-3-12-5-6-14-11(2)8-12/h5-9H,1-2H3. The number of hydrogen-bond donors (Lipinski definition) is 0. The first-order valence-electron chi connectivity index (χ1n) is 4.74. The molecule has 0 bridgehead atoms. The second-order valence-electron chi connectivity index (χ2n) is 3.42. The molecule has 0 spiro atoms. The number of thiophene rings is 1. The van der Waals surface area contributed by atoms with Crippen LogP contribution >= 0.6 is 11.3 Å². The summed E-state index contributed by atoms with van der Waals surface area (Å²) in [5.74, 6) is 6.29. The molecule has 74 valence electrons. The third kappa shape index (κ3) is 2.68. The number of nitrogens with zero attached hydrogens (tertiary/aromatic N) is 1. The van der Waals surface area contributed by atoms with Gasteiger partial charge in [-0.2, -0.15) is 0 Å². The first-order valence-corrected chi connectivity index (χ1v) is 5.62. The van der Waals surface area contributed by atoms with E-state index in [0.717, 1.165) is 16.1 Å². The summed E-state index contributed by atoms with van der Waals surface area (Å²) in [5, 5.41) is 2.11. The SMILES string of the molecule is Cc1csc(C#Cc2ccnc(C)c2)c1. The van der Waals surface area contributed by atoms with E-state index in [0.29, 0.717) is 0 Å². The highest BCUT2D eigenvalue weighted by Gasteiger charge is 1.91. The smallest absolute Gasteiger partial charge is 0.0774 e. The van der Waals surface area contributed by atoms with Crippen molar-refractivity contribution in [3.05, 3.63) is 51.5 Å². The highest BCUT2D eigenvalue weighted by molar-refractivity contribution is 7.10. The van der Waals surface area contributed by atoms with Crippen LogP contribution in [0.5, 0.6) is 0 Å². The van der Waals surface area contributed by atoms with Crippen LogP contribution in [0.25, 0.3) is 0 Å². The first kappa shape index (κ1) is 9.95. The molecule has 0 fully saturated rings. The van der Waals surface area contributed by atoms with E-state index in [1.54, 1.807) is 17.5 Å². The third-order valence-electron chi connectivity index (χ3n) is 1.96. The van der Waals surface area contributed by atoms with Crippen LogP contribution in [0.1, 0.15) is 21.7 Å². The van der Waals surface area contributed by atoms with Crippen molar-refractivity contribution in [1.82, 2.24) is 4.98 Å². The molecule has 0 aliphatic carbocycles. The van der Waals surface area contributed by atoms with E-state index in [1.807, 2.05) is 19.1 Å². The van der Waals surface area contributed by atoms with Crippen LogP contribution in [0.2, 0.25) is 0 Å². The van der Waals surface area contributed by atoms with Gasteiger partial charge in [-0.05, 0) is 43.0 Å². The predicted molar refractivity (Wildman–Crippen MR) is 64.0 cm³/mol. The molecular weight excluding hydrogens is 202 g/mol. The van der Waals surface area contributed by atoms with Crippen molar-refractivity contribution in [3.63, 3.8) is 0 Å². The van der Waals surface area contributed by atoms with Crippen LogP contribution < -0.4 is 0 Å². The van der Waals surface area contributed by atoms with Crippen LogP contribution in [-0.2, 0) is 0 Å². The Bertz CT molecular complexity index is 529. The van der Waals surface area contributed by atoms with E-state index in [9.17, 15) is 0 Å². The van der Waals surface area contributed by atoms with Gasteiger partial charge in [-0.1, -0.05) is 11.8 Å². The van der Waals surface area contributed by atoms with Gasteiger partial charge in [0.25, 0.3) is 0 Å². The maximum absolute atomic E-state index is 4.13. The number of aromatic nitrogens is 1. The molecule has 0 aromatic carbocycles. The summed E-state index contributed by atoms with van der Waals surface area (Å²) in [6.45, 7) is 4.05. The molecule has 2 aromatic rings. The summed E-state index contributed by atoms with van der Waals surface area (Å²) in [5.41, 5.74) is 3.30. The van der Waals surface area contributed by atoms with E-state index in [4.69, 9.17) is 0 Å². The second-order valence-corrected chi connectivity index (χ2v) is 4.34. The molecule has 0 N–H and O–H groups in total. The van der Waals surface area contributed by atoms with E-state index in [1.165, 1.54) is 5.56 Å². The van der Waals surface area contributed by atoms with Gasteiger partial charge in [0.2, 0.25) is 0 Å². The molecular formula is C13H11NS. The molecule has 0 aliphatic heterocycles. The molecule has 0 radical (unpaired) electrons. The van der Waals surface area contributed by atoms with E-state index >= 15 is 0 Å². The van der Waals surface area contributed by atoms with Gasteiger partial charge in [0, 0.05) is 17.5 Å². The number of aryl methyl sites for hydroxylation is 2. The molecule has 2 heterocycles. The van der Waals surface area contributed by atoms with Crippen LogP contribution in [-0.4, -0.2) is 4.98 Å². The lowest BCUT2D eigenvalue weighted by Crippen LogP contribution is -1.81. The summed E-state index contributed by atoms with van der Waals surface area (Å²) < 4.78 is 0. The summed E-state index contributed by atoms with van der Waals surface area (Å²) in [4.78, 5) is 5.25. The van der Waals surface area contributed by atoms with Gasteiger partial charge in [-0.25, -0.2) is 0 Å². The Kier molecular flexibility index (Phi) is 2.84. The fourth-order valence-corrected chi connectivity index (χ4v) is 2.00. The number of rotatable bonds is 0. The zero-order valence-corrected chi connectivity index (χ0v) is 9.56. The lowest BCUT2D eigenvalue weighted by Gasteiger charge is -1.90.